The van der Waals surface area contributed by atoms with E-state index in [0.717, 1.165) is 39.3 Å². The second-order valence-corrected chi connectivity index (χ2v) is 38.0. The zero-order valence-corrected chi connectivity index (χ0v) is 64.1. The first-order chi connectivity index (χ1) is 46.7. The number of hydrogen-bond donors (Lipinski definition) is 1. The summed E-state index contributed by atoms with van der Waals surface area (Å²) in [7, 11) is 2.40. The molecule has 0 aromatic heterocycles. The highest BCUT2D eigenvalue weighted by Crippen LogP contribution is 2.52. The van der Waals surface area contributed by atoms with Crippen molar-refractivity contribution < 1.29 is 75.7 Å². The number of methoxy groups -OCH3 is 5. The van der Waals surface area contributed by atoms with Gasteiger partial charge in [-0.1, -0.05) is 191 Å². The van der Waals surface area contributed by atoms with Gasteiger partial charge in [-0.2, -0.15) is 0 Å². The minimum absolute atomic E-state index is 0.0335. The smallest absolute Gasteiger partial charge is 0.416 e. The van der Waals surface area contributed by atoms with Crippen molar-refractivity contribution in [3.8, 4) is 0 Å². The van der Waals surface area contributed by atoms with Crippen LogP contribution in [0.4, 0.5) is 4.79 Å². The first-order valence-corrected chi connectivity index (χ1v) is 40.8. The van der Waals surface area contributed by atoms with Crippen LogP contribution in [0.3, 0.4) is 0 Å². The molecule has 4 aromatic carbocycles. The van der Waals surface area contributed by atoms with E-state index in [1.165, 1.54) is 4.90 Å². The van der Waals surface area contributed by atoms with Crippen molar-refractivity contribution in [2.24, 2.45) is 47.3 Å². The molecular weight excluding hydrogens is 1280 g/mol. The van der Waals surface area contributed by atoms with Crippen molar-refractivity contribution in [3.05, 3.63) is 127 Å². The minimum Gasteiger partial charge on any atom is -0.447 e. The van der Waals surface area contributed by atoms with Gasteiger partial charge in [-0.05, 0) is 92.6 Å². The molecule has 5 fully saturated rings. The predicted molar refractivity (Wildman–Crippen MR) is 384 cm³/mol. The van der Waals surface area contributed by atoms with Crippen LogP contribution in [0.2, 0.25) is 18.1 Å². The van der Waals surface area contributed by atoms with Crippen LogP contribution in [0, 0.1) is 47.3 Å². The Bertz CT molecular complexity index is 3100. The molecule has 0 bridgehead atoms. The van der Waals surface area contributed by atoms with Crippen LogP contribution in [-0.4, -0.2) is 176 Å². The summed E-state index contributed by atoms with van der Waals surface area (Å²) in [5.74, 6) is -6.49. The molecule has 0 radical (unpaired) electrons. The third kappa shape index (κ3) is 15.0. The third-order valence-corrected chi connectivity index (χ3v) is 33.3. The maximum absolute atomic E-state index is 15.3. The van der Waals surface area contributed by atoms with Crippen LogP contribution in [0.15, 0.2) is 121 Å². The Labute approximate surface area is 587 Å². The maximum Gasteiger partial charge on any atom is 0.416 e. The summed E-state index contributed by atoms with van der Waals surface area (Å²) in [6.07, 6.45) is -3.91. The van der Waals surface area contributed by atoms with Gasteiger partial charge in [0.1, 0.15) is 18.5 Å². The molecule has 0 spiro atoms. The Balaban J connectivity index is 1.04. The van der Waals surface area contributed by atoms with E-state index in [4.69, 9.17) is 56.2 Å². The Morgan fingerprint density at radius 1 is 0.684 bits per heavy atom. The quantitative estimate of drug-likeness (QED) is 0.0370. The molecule has 0 aliphatic carbocycles. The van der Waals surface area contributed by atoms with Gasteiger partial charge in [0.25, 0.3) is 8.32 Å². The molecule has 23 atom stereocenters. The van der Waals surface area contributed by atoms with Gasteiger partial charge < -0.3 is 61.3 Å². The molecule has 9 rings (SSSR count). The number of Topliss-reactive ketones (excluding diaryl/α,β-unsaturated/α-hetero) is 1. The van der Waals surface area contributed by atoms with Crippen LogP contribution in [0.1, 0.15) is 135 Å². The van der Waals surface area contributed by atoms with Crippen molar-refractivity contribution >= 4 is 50.0 Å². The number of hydrogen-bond acceptors (Lipinski definition) is 16. The molecule has 4 aromatic rings. The largest absolute Gasteiger partial charge is 0.447 e. The van der Waals surface area contributed by atoms with Gasteiger partial charge in [0.2, 0.25) is 5.91 Å². The fourth-order valence-corrected chi connectivity index (χ4v) is 25.5. The van der Waals surface area contributed by atoms with E-state index in [-0.39, 0.29) is 73.3 Å². The molecule has 5 aliphatic rings. The summed E-state index contributed by atoms with van der Waals surface area (Å²) in [4.78, 5) is 45.5. The number of ether oxygens (including phenoxy) is 10. The number of cyclic esters (lactones) is 1. The molecule has 17 nitrogen and oxygen atoms in total. The average Bonchev–Trinajstić information content (AvgIpc) is 1.08. The third-order valence-electron chi connectivity index (χ3n) is 24.5. The van der Waals surface area contributed by atoms with Crippen LogP contribution < -0.4 is 15.6 Å². The van der Waals surface area contributed by atoms with Crippen LogP contribution in [0.5, 0.6) is 0 Å². The lowest BCUT2D eigenvalue weighted by Gasteiger charge is -2.55. The van der Waals surface area contributed by atoms with Crippen molar-refractivity contribution in [1.29, 1.82) is 0 Å². The van der Waals surface area contributed by atoms with E-state index in [9.17, 15) is 9.90 Å². The number of nitrogens with zero attached hydrogens (tertiary/aromatic N) is 1. The maximum atomic E-state index is 15.3. The second-order valence-electron chi connectivity index (χ2n) is 29.9. The molecule has 542 valence electrons. The highest BCUT2D eigenvalue weighted by Gasteiger charge is 2.64. The Kier molecular flexibility index (Phi) is 25.7. The van der Waals surface area contributed by atoms with E-state index in [1.807, 2.05) is 106 Å². The van der Waals surface area contributed by atoms with Crippen molar-refractivity contribution in [2.75, 3.05) is 42.2 Å². The lowest BCUT2D eigenvalue weighted by atomic mass is 9.71. The fraction of sp³-hybridized carbons (Fsp3) is 0.658. The summed E-state index contributed by atoms with van der Waals surface area (Å²) in [5, 5.41) is 16.1. The number of benzene rings is 4. The highest BCUT2D eigenvalue weighted by molar-refractivity contribution is 7.07. The van der Waals surface area contributed by atoms with E-state index in [2.05, 4.69) is 106 Å². The summed E-state index contributed by atoms with van der Waals surface area (Å²) in [5.41, 5.74) is -0.650. The fourth-order valence-electron chi connectivity index (χ4n) is 18.1. The zero-order chi connectivity index (χ0) is 71.3. The molecule has 5 aliphatic heterocycles. The number of amides is 2. The summed E-state index contributed by atoms with van der Waals surface area (Å²) in [6.45, 7) is 29.3. The molecule has 98 heavy (non-hydrogen) atoms. The van der Waals surface area contributed by atoms with E-state index in [0.29, 0.717) is 25.7 Å². The van der Waals surface area contributed by atoms with Crippen molar-refractivity contribution in [2.45, 2.75) is 243 Å². The summed E-state index contributed by atoms with van der Waals surface area (Å²) < 4.78 is 82.3. The molecule has 1 N–H and O–H groups in total. The second kappa shape index (κ2) is 32.4. The lowest BCUT2D eigenvalue weighted by Crippen LogP contribution is -2.72. The first-order valence-electron chi connectivity index (χ1n) is 36.4. The number of imide groups is 1. The SMILES string of the molecule is CC[Si](CC)(CC)O[C@@](C)(CCC(=O)C[C@H](O)[C@@H](C)[C@H](O[Si](c1ccccc1)(c1ccccc1)c1ccccc1)[C@@H](C)[C@H]1O[C@@](OC)([C@H](C)C(=O)N2C(=O)OC[C@@H]2Cc2ccccc2)[C@H](C)[C@@H](OC)[C@H]1C)[C@H]1CC[C@@](C)([C@@H]2O[C@@H]([C@H]3O[C@](C)(OC)[C@H](C)[C@@H](OC)[C@@H]3C)[C@H](OC)[C@@H]2C)O1. The van der Waals surface area contributed by atoms with Gasteiger partial charge >= 0.3 is 6.09 Å². The number of carbonyl (C=O) groups excluding carboxylic acids is 3. The molecular formula is C79H117NO16Si2. The van der Waals surface area contributed by atoms with Gasteiger partial charge in [-0.15, -0.1) is 0 Å². The van der Waals surface area contributed by atoms with Gasteiger partial charge in [-0.25, -0.2) is 9.69 Å². The van der Waals surface area contributed by atoms with Gasteiger partial charge in [-0.3, -0.25) is 9.59 Å². The van der Waals surface area contributed by atoms with E-state index >= 15 is 9.59 Å². The Hall–Kier alpha value is -4.56. The van der Waals surface area contributed by atoms with Crippen LogP contribution >= 0.6 is 0 Å². The molecule has 2 amide bonds. The highest BCUT2D eigenvalue weighted by atomic mass is 28.4. The van der Waals surface area contributed by atoms with Crippen LogP contribution in [-0.2, 0) is 72.2 Å². The first kappa shape index (κ1) is 77.6. The monoisotopic (exact) mass is 1390 g/mol. The number of rotatable bonds is 31. The minimum atomic E-state index is -3.61. The Morgan fingerprint density at radius 2 is 1.21 bits per heavy atom. The van der Waals surface area contributed by atoms with Crippen molar-refractivity contribution in [3.63, 3.8) is 0 Å². The number of aliphatic hydroxyl groups is 1. The molecule has 0 unspecified atom stereocenters. The topological polar surface area (TPSA) is 185 Å². The summed E-state index contributed by atoms with van der Waals surface area (Å²) >= 11 is 0. The van der Waals surface area contributed by atoms with Gasteiger partial charge in [0.05, 0.1) is 78.1 Å². The Morgan fingerprint density at radius 3 is 1.72 bits per heavy atom. The average molecular weight is 1390 g/mol. The molecule has 0 saturated carbocycles. The molecule has 5 heterocycles. The van der Waals surface area contributed by atoms with Crippen molar-refractivity contribution in [1.82, 2.24) is 4.90 Å². The molecule has 19 heteroatoms. The summed E-state index contributed by atoms with van der Waals surface area (Å²) in [6, 6.07) is 42.8. The zero-order valence-electron chi connectivity index (χ0n) is 62.1. The number of ketones is 1. The predicted octanol–water partition coefficient (Wildman–Crippen LogP) is 11.9. The normalized spacial score (nSPS) is 33.8. The van der Waals surface area contributed by atoms with Gasteiger partial charge in [0.15, 0.2) is 19.9 Å². The standard InChI is InChI=1S/C79H117NO16Si2/c1-20-97(21-2,22-3)96-76(12,65-44-46-77(13,92-65)73-54(8)70(87-17)72(91-73)71-53(7)68(85-15)55(9)78(14,88-18)93-71)45-43-60(81)48-64(82)50(4)67(95-98(61-37-29-24-30-38-61,62-39-31-25-32-40-62)63-41-33-26-34-42-63)51(5)66-52(6)69(86-16)56(10)79(89-19,94-66)57(11)74(83)80-59(49-90-75(80)84)47-58-35-27-23-28-36-58/h23-42,50-57,59,64-73,82H,20-22,43-49H2,1-19H3/t50-,51+,52+,53+,54+,55-,56-,57-,59+,64+,65-,66-,67+,68+,69+,70-,71+,72-,73-,76+,77+,78+,79-/m1/s1. The number of carbonyl (C=O) groups is 3. The van der Waals surface area contributed by atoms with E-state index in [1.54, 1.807) is 42.5 Å². The lowest BCUT2D eigenvalue weighted by molar-refractivity contribution is -0.355. The molecule has 5 saturated heterocycles. The van der Waals surface area contributed by atoms with Crippen LogP contribution in [0.25, 0.3) is 0 Å². The van der Waals surface area contributed by atoms with E-state index < -0.39 is 118 Å². The number of aliphatic hydroxyl groups excluding tert-OH is 1. The van der Waals surface area contributed by atoms with Gasteiger partial charge in [0, 0.05) is 89.8 Å².